The Labute approximate surface area is 266 Å². The smallest absolute Gasteiger partial charge is 0.657 e. The number of hydrogen-bond acceptors (Lipinski definition) is 5. The number of aryl methyl sites for hydroxylation is 3. The Kier molecular flexibility index (Phi) is 9.49. The summed E-state index contributed by atoms with van der Waals surface area (Å²) in [6, 6.07) is 7.43. The minimum absolute atomic E-state index is 0. The van der Waals surface area contributed by atoms with E-state index < -0.39 is 18.0 Å². The third-order valence-corrected chi connectivity index (χ3v) is 8.28. The molecule has 0 aliphatic carbocycles. The first-order chi connectivity index (χ1) is 20.4. The van der Waals surface area contributed by atoms with Gasteiger partial charge in [-0.2, -0.15) is 0 Å². The van der Waals surface area contributed by atoms with Crippen LogP contribution in [0.5, 0.6) is 0 Å². The van der Waals surface area contributed by atoms with Crippen molar-refractivity contribution in [3.8, 4) is 0 Å². The molecule has 8 bridgehead atoms. The Morgan fingerprint density at radius 1 is 0.795 bits per heavy atom. The Balaban J connectivity index is 0.00000442. The van der Waals surface area contributed by atoms with Crippen LogP contribution < -0.4 is 9.97 Å². The first-order valence-electron chi connectivity index (χ1n) is 14.2. The van der Waals surface area contributed by atoms with E-state index in [1.165, 1.54) is 0 Å². The molecule has 10 heteroatoms. The van der Waals surface area contributed by atoms with Crippen molar-refractivity contribution in [2.45, 2.75) is 66.4 Å². The number of hydrogen-bond donors (Lipinski definition) is 3. The maximum atomic E-state index is 11.5. The summed E-state index contributed by atoms with van der Waals surface area (Å²) in [5.74, 6) is -1.82. The normalized spacial score (nSPS) is 13.6. The van der Waals surface area contributed by atoms with E-state index in [0.717, 1.165) is 39.0 Å². The van der Waals surface area contributed by atoms with Gasteiger partial charge in [-0.3, -0.25) is 9.59 Å². The number of fused-ring (bicyclic) bond motifs is 8. The average molecular weight is 635 g/mol. The molecule has 0 radical (unpaired) electrons. The summed E-state index contributed by atoms with van der Waals surface area (Å²) in [7, 11) is 0. The van der Waals surface area contributed by atoms with Gasteiger partial charge in [0.15, 0.2) is 0 Å². The van der Waals surface area contributed by atoms with Crippen LogP contribution in [0.15, 0.2) is 30.8 Å². The fourth-order valence-electron chi connectivity index (χ4n) is 5.88. The molecule has 0 saturated heterocycles. The summed E-state index contributed by atoms with van der Waals surface area (Å²) < 4.78 is 0. The van der Waals surface area contributed by atoms with Gasteiger partial charge in [0.2, 0.25) is 0 Å². The van der Waals surface area contributed by atoms with E-state index in [-0.39, 0.29) is 42.8 Å². The van der Waals surface area contributed by atoms with E-state index in [4.69, 9.17) is 19.9 Å². The van der Waals surface area contributed by atoms with Crippen LogP contribution in [0.25, 0.3) is 50.4 Å². The second-order valence-electron chi connectivity index (χ2n) is 11.1. The van der Waals surface area contributed by atoms with Crippen molar-refractivity contribution < 1.29 is 42.0 Å². The van der Waals surface area contributed by atoms with E-state index in [0.29, 0.717) is 50.4 Å². The zero-order chi connectivity index (χ0) is 31.2. The number of carboxylic acids is 2. The molecule has 2 aliphatic heterocycles. The summed E-state index contributed by atoms with van der Waals surface area (Å²) in [6.45, 7) is 13.4. The molecule has 9 nitrogen and oxygen atoms in total. The van der Waals surface area contributed by atoms with E-state index in [2.05, 4.69) is 6.58 Å². The number of aliphatic hydroxyl groups excluding tert-OH is 1. The van der Waals surface area contributed by atoms with E-state index in [1.807, 2.05) is 52.0 Å². The average Bonchev–Trinajstić information content (AvgIpc) is 3.59. The molecule has 0 aromatic carbocycles. The van der Waals surface area contributed by atoms with Crippen LogP contribution in [0.1, 0.15) is 85.1 Å². The van der Waals surface area contributed by atoms with Crippen molar-refractivity contribution in [2.75, 3.05) is 0 Å². The van der Waals surface area contributed by atoms with Crippen molar-refractivity contribution in [2.24, 2.45) is 0 Å². The Bertz CT molecular complexity index is 1930. The van der Waals surface area contributed by atoms with Crippen LogP contribution in [0, 0.1) is 13.8 Å². The molecule has 0 spiro atoms. The van der Waals surface area contributed by atoms with Gasteiger partial charge in [0.25, 0.3) is 0 Å². The quantitative estimate of drug-likeness (QED) is 0.256. The molecule has 1 atom stereocenters. The molecule has 0 saturated carbocycles. The van der Waals surface area contributed by atoms with E-state index >= 15 is 0 Å². The van der Waals surface area contributed by atoms with Gasteiger partial charge in [-0.15, -0.1) is 22.1 Å². The number of aromatic nitrogens is 4. The van der Waals surface area contributed by atoms with Gasteiger partial charge in [-0.25, -0.2) is 9.97 Å². The van der Waals surface area contributed by atoms with Crippen molar-refractivity contribution >= 4 is 62.4 Å². The van der Waals surface area contributed by atoms with Gasteiger partial charge in [0.1, 0.15) is 0 Å². The standard InChI is InChI=1S/C34H36N4O5.Fe/c1-7-21-16(2)26-14-31-34(20(6)39)19(5)27(38-31)12-24-17(3)22(8-10-32(40)41)29(36-24)15-30-23(9-11-33(42)43)18(4)25(37-30)13-28(21)35-26;/h7,12-15,20,39H,1,8-11H2,2-6H3,(H4,35,36,37,38,40,41,42,43);/q;+2/p-2. The van der Waals surface area contributed by atoms with Crippen molar-refractivity contribution in [1.29, 1.82) is 0 Å². The molecule has 3 N–H and O–H groups in total. The molecular weight excluding hydrogens is 600 g/mol. The number of aliphatic carboxylic acids is 2. The van der Waals surface area contributed by atoms with E-state index in [9.17, 15) is 24.9 Å². The van der Waals surface area contributed by atoms with Crippen LogP contribution in [0.2, 0.25) is 0 Å². The molecular formula is C34H34FeN4O5. The number of nitrogens with zero attached hydrogens (tertiary/aromatic N) is 4. The predicted molar refractivity (Wildman–Crippen MR) is 168 cm³/mol. The monoisotopic (exact) mass is 634 g/mol. The van der Waals surface area contributed by atoms with Crippen molar-refractivity contribution in [1.82, 2.24) is 19.9 Å². The number of carboxylic acid groups (broad SMARTS) is 2. The topological polar surface area (TPSA) is 149 Å². The van der Waals surface area contributed by atoms with Crippen molar-refractivity contribution in [3.63, 3.8) is 0 Å². The molecule has 5 rings (SSSR count). The number of carbonyl (C=O) groups is 2. The van der Waals surface area contributed by atoms with Gasteiger partial charge in [-0.1, -0.05) is 53.6 Å². The van der Waals surface area contributed by atoms with E-state index in [1.54, 1.807) is 13.0 Å². The molecule has 1 unspecified atom stereocenters. The first kappa shape index (κ1) is 32.7. The molecule has 3 aromatic heterocycles. The Hall–Kier alpha value is -4.24. The summed E-state index contributed by atoms with van der Waals surface area (Å²) in [5.41, 5.74) is 11.6. The van der Waals surface area contributed by atoms with Crippen LogP contribution in [0.4, 0.5) is 0 Å². The number of allylic oxidation sites excluding steroid dienone is 3. The van der Waals surface area contributed by atoms with Gasteiger partial charge >= 0.3 is 29.0 Å². The minimum Gasteiger partial charge on any atom is -0.657 e. The predicted octanol–water partition coefficient (Wildman–Crippen LogP) is 5.95. The van der Waals surface area contributed by atoms with Crippen molar-refractivity contribution in [3.05, 3.63) is 75.9 Å². The van der Waals surface area contributed by atoms with Gasteiger partial charge in [0.05, 0.1) is 28.9 Å². The molecule has 228 valence electrons. The van der Waals surface area contributed by atoms with Crippen LogP contribution in [-0.4, -0.2) is 43.3 Å². The Morgan fingerprint density at radius 2 is 1.32 bits per heavy atom. The molecule has 0 amide bonds. The number of rotatable bonds is 8. The second-order valence-corrected chi connectivity index (χ2v) is 11.1. The third kappa shape index (κ3) is 6.06. The fourth-order valence-corrected chi connectivity index (χ4v) is 5.88. The first-order valence-corrected chi connectivity index (χ1v) is 14.2. The Morgan fingerprint density at radius 3 is 1.95 bits per heavy atom. The summed E-state index contributed by atoms with van der Waals surface area (Å²) in [5, 5.41) is 29.6. The summed E-state index contributed by atoms with van der Waals surface area (Å²) in [4.78, 5) is 42.7. The second kappa shape index (κ2) is 12.8. The zero-order valence-electron chi connectivity index (χ0n) is 25.3. The van der Waals surface area contributed by atoms with Gasteiger partial charge < -0.3 is 25.3 Å². The minimum atomic E-state index is -0.915. The summed E-state index contributed by atoms with van der Waals surface area (Å²) >= 11 is 0. The van der Waals surface area contributed by atoms with Gasteiger partial charge in [-0.05, 0) is 69.7 Å². The van der Waals surface area contributed by atoms with Gasteiger partial charge in [0, 0.05) is 18.4 Å². The largest absolute Gasteiger partial charge is 2.00 e. The maximum absolute atomic E-state index is 11.5. The fraction of sp³-hybridized carbons (Fsp3) is 0.294. The zero-order valence-corrected chi connectivity index (χ0v) is 26.4. The third-order valence-electron chi connectivity index (χ3n) is 8.28. The molecule has 5 heterocycles. The molecule has 44 heavy (non-hydrogen) atoms. The SMILES string of the molecule is C=Cc1c(C)c2cc3nc(cc4[n-]c(cc5nc(cc1[n-]2)C(C)=C5CCC(=O)O)c(CCC(=O)O)c4C)C(C)=C3C(C)O.[Fe+2]. The number of aliphatic hydroxyl groups is 1. The molecule has 2 aliphatic rings. The maximum Gasteiger partial charge on any atom is 2.00 e. The van der Waals surface area contributed by atoms with Crippen LogP contribution in [-0.2, 0) is 33.1 Å². The molecule has 0 fully saturated rings. The van der Waals surface area contributed by atoms with Crippen LogP contribution >= 0.6 is 0 Å². The summed E-state index contributed by atoms with van der Waals surface area (Å²) in [6.07, 6.45) is 1.39. The van der Waals surface area contributed by atoms with Crippen LogP contribution in [0.3, 0.4) is 0 Å². The molecule has 3 aromatic rings.